The van der Waals surface area contributed by atoms with Gasteiger partial charge in [0.15, 0.2) is 0 Å². The largest absolute Gasteiger partial charge is 0.315 e. The Balaban J connectivity index is 0.000000771. The number of hydrogen-bond donors (Lipinski definition) is 0. The number of fused-ring (bicyclic) bond motifs is 1. The summed E-state index contributed by atoms with van der Waals surface area (Å²) in [5.74, 6) is 3.84. The Morgan fingerprint density at radius 3 is 2.61 bits per heavy atom. The molecule has 2 rings (SSSR count). The Bertz CT molecular complexity index is 344. The fourth-order valence-electron chi connectivity index (χ4n) is 2.67. The molecule has 0 bridgehead atoms. The molecule has 1 unspecified atom stereocenters. The zero-order valence-corrected chi connectivity index (χ0v) is 12.7. The Hall–Kier alpha value is -0.860. The molecule has 1 aliphatic heterocycles. The Morgan fingerprint density at radius 2 is 2.00 bits per heavy atom. The Morgan fingerprint density at radius 1 is 1.28 bits per heavy atom. The number of nitrogens with zero attached hydrogens (tertiary/aromatic N) is 3. The van der Waals surface area contributed by atoms with Crippen molar-refractivity contribution in [3.63, 3.8) is 0 Å². The van der Waals surface area contributed by atoms with Crippen molar-refractivity contribution in [2.45, 2.75) is 79.2 Å². The van der Waals surface area contributed by atoms with Crippen LogP contribution in [0.3, 0.4) is 0 Å². The molecule has 1 aliphatic rings. The first kappa shape index (κ1) is 15.2. The predicted molar refractivity (Wildman–Crippen MR) is 76.8 cm³/mol. The van der Waals surface area contributed by atoms with Crippen molar-refractivity contribution < 1.29 is 0 Å². The van der Waals surface area contributed by atoms with E-state index < -0.39 is 0 Å². The second-order valence-electron chi connectivity index (χ2n) is 5.12. The highest BCUT2D eigenvalue weighted by molar-refractivity contribution is 5.04. The van der Waals surface area contributed by atoms with Gasteiger partial charge in [-0.05, 0) is 25.2 Å². The molecule has 104 valence electrons. The second kappa shape index (κ2) is 7.55. The average molecular weight is 251 g/mol. The lowest BCUT2D eigenvalue weighted by Crippen LogP contribution is -2.20. The zero-order chi connectivity index (χ0) is 13.5. The van der Waals surface area contributed by atoms with Crippen molar-refractivity contribution in [3.05, 3.63) is 11.6 Å². The first-order valence-electron chi connectivity index (χ1n) is 7.68. The van der Waals surface area contributed by atoms with Gasteiger partial charge < -0.3 is 4.57 Å². The molecule has 0 fully saturated rings. The van der Waals surface area contributed by atoms with Crippen LogP contribution in [0.2, 0.25) is 0 Å². The van der Waals surface area contributed by atoms with Crippen molar-refractivity contribution in [3.8, 4) is 0 Å². The fourth-order valence-corrected chi connectivity index (χ4v) is 2.67. The number of rotatable bonds is 4. The van der Waals surface area contributed by atoms with E-state index in [1.54, 1.807) is 0 Å². The monoisotopic (exact) mass is 251 g/mol. The van der Waals surface area contributed by atoms with Gasteiger partial charge >= 0.3 is 0 Å². The van der Waals surface area contributed by atoms with E-state index in [0.29, 0.717) is 5.92 Å². The molecular weight excluding hydrogens is 222 g/mol. The summed E-state index contributed by atoms with van der Waals surface area (Å²) < 4.78 is 2.38. The molecule has 0 spiro atoms. The summed E-state index contributed by atoms with van der Waals surface area (Å²) in [5.41, 5.74) is 0. The first-order valence-corrected chi connectivity index (χ1v) is 7.68. The molecule has 2 heterocycles. The quantitative estimate of drug-likeness (QED) is 0.803. The van der Waals surface area contributed by atoms with Crippen LogP contribution < -0.4 is 0 Å². The average Bonchev–Trinajstić information content (AvgIpc) is 2.81. The third kappa shape index (κ3) is 3.33. The molecule has 18 heavy (non-hydrogen) atoms. The van der Waals surface area contributed by atoms with Gasteiger partial charge in [-0.3, -0.25) is 0 Å². The van der Waals surface area contributed by atoms with Crippen molar-refractivity contribution in [2.75, 3.05) is 0 Å². The van der Waals surface area contributed by atoms with Gasteiger partial charge in [0, 0.05) is 18.9 Å². The third-order valence-electron chi connectivity index (χ3n) is 3.73. The summed E-state index contributed by atoms with van der Waals surface area (Å²) in [6.45, 7) is 11.9. The molecule has 1 aromatic heterocycles. The summed E-state index contributed by atoms with van der Waals surface area (Å²) in [6, 6.07) is 0. The van der Waals surface area contributed by atoms with Gasteiger partial charge in [-0.1, -0.05) is 41.0 Å². The van der Waals surface area contributed by atoms with Gasteiger partial charge in [0.1, 0.15) is 11.6 Å². The molecule has 0 aromatic carbocycles. The van der Waals surface area contributed by atoms with Crippen molar-refractivity contribution in [1.82, 2.24) is 14.8 Å². The van der Waals surface area contributed by atoms with E-state index in [9.17, 15) is 0 Å². The standard InChI is InChI=1S/C13H23N3.C2H6/c1-4-6-11(5-2)13-15-14-12-9-10(3)7-8-16(12)13;1-2/h10-11H,4-9H2,1-3H3;1-2H3/t10?,11-;/m1./s1. The Kier molecular flexibility index (Phi) is 6.37. The molecule has 0 aliphatic carbocycles. The minimum absolute atomic E-state index is 0.611. The van der Waals surface area contributed by atoms with Gasteiger partial charge in [0.25, 0.3) is 0 Å². The van der Waals surface area contributed by atoms with Crippen LogP contribution in [-0.4, -0.2) is 14.8 Å². The summed E-state index contributed by atoms with van der Waals surface area (Å²) in [7, 11) is 0. The van der Waals surface area contributed by atoms with Crippen LogP contribution in [0.5, 0.6) is 0 Å². The fraction of sp³-hybridized carbons (Fsp3) is 0.867. The molecule has 2 atom stereocenters. The molecular formula is C15H29N3. The lowest BCUT2D eigenvalue weighted by Gasteiger charge is -2.22. The molecule has 0 N–H and O–H groups in total. The SMILES string of the molecule is CC.CCC[C@@H](CC)c1nnc2n1CCC(C)C2. The highest BCUT2D eigenvalue weighted by Crippen LogP contribution is 2.27. The lowest BCUT2D eigenvalue weighted by atomic mass is 9.97. The molecule has 3 heteroatoms. The summed E-state index contributed by atoms with van der Waals surface area (Å²) >= 11 is 0. The molecule has 3 nitrogen and oxygen atoms in total. The van der Waals surface area contributed by atoms with Crippen LogP contribution in [0.15, 0.2) is 0 Å². The van der Waals surface area contributed by atoms with Crippen molar-refractivity contribution in [1.29, 1.82) is 0 Å². The summed E-state index contributed by atoms with van der Waals surface area (Å²) in [4.78, 5) is 0. The van der Waals surface area contributed by atoms with Crippen molar-refractivity contribution >= 4 is 0 Å². The van der Waals surface area contributed by atoms with Crippen LogP contribution in [0.4, 0.5) is 0 Å². The van der Waals surface area contributed by atoms with Gasteiger partial charge in [-0.2, -0.15) is 0 Å². The van der Waals surface area contributed by atoms with Crippen LogP contribution in [-0.2, 0) is 13.0 Å². The summed E-state index contributed by atoms with van der Waals surface area (Å²) in [6.07, 6.45) is 6.04. The zero-order valence-electron chi connectivity index (χ0n) is 12.7. The van der Waals surface area contributed by atoms with Gasteiger partial charge in [-0.25, -0.2) is 0 Å². The van der Waals surface area contributed by atoms with E-state index in [4.69, 9.17) is 0 Å². The number of hydrogen-bond acceptors (Lipinski definition) is 2. The Labute approximate surface area is 112 Å². The van der Waals surface area contributed by atoms with Crippen LogP contribution in [0.25, 0.3) is 0 Å². The predicted octanol–water partition coefficient (Wildman–Crippen LogP) is 4.18. The molecule has 0 saturated carbocycles. The van der Waals surface area contributed by atoms with E-state index >= 15 is 0 Å². The van der Waals surface area contributed by atoms with Gasteiger partial charge in [0.05, 0.1) is 0 Å². The van der Waals surface area contributed by atoms with E-state index in [0.717, 1.165) is 18.9 Å². The highest BCUT2D eigenvalue weighted by Gasteiger charge is 2.23. The first-order chi connectivity index (χ1) is 8.76. The van der Waals surface area contributed by atoms with Crippen molar-refractivity contribution in [2.24, 2.45) is 5.92 Å². The van der Waals surface area contributed by atoms with E-state index in [1.165, 1.54) is 37.3 Å². The number of aromatic nitrogens is 3. The third-order valence-corrected chi connectivity index (χ3v) is 3.73. The minimum atomic E-state index is 0.611. The molecule has 0 radical (unpaired) electrons. The summed E-state index contributed by atoms with van der Waals surface area (Å²) in [5, 5.41) is 8.81. The van der Waals surface area contributed by atoms with E-state index in [1.807, 2.05) is 13.8 Å². The second-order valence-corrected chi connectivity index (χ2v) is 5.12. The topological polar surface area (TPSA) is 30.7 Å². The van der Waals surface area contributed by atoms with Crippen LogP contribution in [0.1, 0.15) is 77.9 Å². The maximum absolute atomic E-state index is 4.44. The minimum Gasteiger partial charge on any atom is -0.315 e. The molecule has 0 amide bonds. The van der Waals surface area contributed by atoms with E-state index in [2.05, 4.69) is 35.5 Å². The lowest BCUT2D eigenvalue weighted by molar-refractivity contribution is 0.392. The maximum atomic E-state index is 4.44. The highest BCUT2D eigenvalue weighted by atomic mass is 15.3. The maximum Gasteiger partial charge on any atom is 0.136 e. The smallest absolute Gasteiger partial charge is 0.136 e. The molecule has 0 saturated heterocycles. The van der Waals surface area contributed by atoms with Crippen LogP contribution in [0, 0.1) is 5.92 Å². The normalized spacial score (nSPS) is 19.7. The molecule has 1 aromatic rings. The van der Waals surface area contributed by atoms with Crippen LogP contribution >= 0.6 is 0 Å². The van der Waals surface area contributed by atoms with E-state index in [-0.39, 0.29) is 0 Å². The van der Waals surface area contributed by atoms with Gasteiger partial charge in [0.2, 0.25) is 0 Å². The van der Waals surface area contributed by atoms with Gasteiger partial charge in [-0.15, -0.1) is 10.2 Å².